The van der Waals surface area contributed by atoms with Gasteiger partial charge in [0.05, 0.1) is 11.4 Å². The van der Waals surface area contributed by atoms with E-state index in [0.29, 0.717) is 18.5 Å². The zero-order valence-corrected chi connectivity index (χ0v) is 10.1. The number of halogens is 3. The molecule has 0 aliphatic rings. The van der Waals surface area contributed by atoms with Crippen LogP contribution in [-0.4, -0.2) is 6.54 Å². The van der Waals surface area contributed by atoms with Crippen LogP contribution in [0.2, 0.25) is 0 Å². The van der Waals surface area contributed by atoms with Crippen LogP contribution in [0.5, 0.6) is 0 Å². The van der Waals surface area contributed by atoms with E-state index in [9.17, 15) is 13.2 Å². The van der Waals surface area contributed by atoms with Gasteiger partial charge < -0.3 is 11.1 Å². The molecule has 0 atom stereocenters. The van der Waals surface area contributed by atoms with Gasteiger partial charge in [0.2, 0.25) is 0 Å². The number of nitrogen functional groups attached to an aromatic ring is 1. The van der Waals surface area contributed by atoms with Crippen LogP contribution in [0.3, 0.4) is 0 Å². The maximum absolute atomic E-state index is 13.4. The first kappa shape index (κ1) is 13.3. The lowest BCUT2D eigenvalue weighted by molar-refractivity contribution is 0.586. The fraction of sp³-hybridized carbons (Fsp3) is 0.143. The predicted molar refractivity (Wildman–Crippen MR) is 69.4 cm³/mol. The molecule has 0 saturated carbocycles. The summed E-state index contributed by atoms with van der Waals surface area (Å²) in [6.45, 7) is 0.327. The monoisotopic (exact) mass is 266 g/mol. The van der Waals surface area contributed by atoms with Gasteiger partial charge in [0.1, 0.15) is 11.6 Å². The molecule has 3 N–H and O–H groups in total. The zero-order valence-electron chi connectivity index (χ0n) is 10.1. The Morgan fingerprint density at radius 2 is 1.74 bits per heavy atom. The van der Waals surface area contributed by atoms with E-state index in [4.69, 9.17) is 5.73 Å². The Morgan fingerprint density at radius 3 is 2.47 bits per heavy atom. The molecule has 0 aliphatic heterocycles. The highest BCUT2D eigenvalue weighted by Crippen LogP contribution is 2.23. The van der Waals surface area contributed by atoms with E-state index in [-0.39, 0.29) is 17.2 Å². The zero-order chi connectivity index (χ0) is 13.8. The van der Waals surface area contributed by atoms with Gasteiger partial charge in [-0.2, -0.15) is 0 Å². The fourth-order valence-electron chi connectivity index (χ4n) is 1.76. The molecular formula is C14H13F3N2. The van der Waals surface area contributed by atoms with Crippen LogP contribution in [0, 0.1) is 17.5 Å². The van der Waals surface area contributed by atoms with Crippen molar-refractivity contribution >= 4 is 11.4 Å². The SMILES string of the molecule is Nc1c(F)cc(F)cc1NCCc1ccccc1F. The van der Waals surface area contributed by atoms with Crippen LogP contribution in [0.15, 0.2) is 36.4 Å². The minimum atomic E-state index is -0.812. The fourth-order valence-corrected chi connectivity index (χ4v) is 1.76. The second-order valence-corrected chi connectivity index (χ2v) is 4.12. The van der Waals surface area contributed by atoms with E-state index in [0.717, 1.165) is 12.1 Å². The van der Waals surface area contributed by atoms with E-state index >= 15 is 0 Å². The maximum atomic E-state index is 13.4. The van der Waals surface area contributed by atoms with Gasteiger partial charge in [0, 0.05) is 12.6 Å². The van der Waals surface area contributed by atoms with E-state index in [1.807, 2.05) is 0 Å². The van der Waals surface area contributed by atoms with Crippen LogP contribution in [0.25, 0.3) is 0 Å². The van der Waals surface area contributed by atoms with Crippen molar-refractivity contribution in [2.45, 2.75) is 6.42 Å². The molecule has 0 bridgehead atoms. The normalized spacial score (nSPS) is 10.5. The Morgan fingerprint density at radius 1 is 1.00 bits per heavy atom. The summed E-state index contributed by atoms with van der Waals surface area (Å²) in [5.74, 6) is -1.82. The number of nitrogens with two attached hydrogens (primary N) is 1. The van der Waals surface area contributed by atoms with E-state index < -0.39 is 11.6 Å². The minimum absolute atomic E-state index is 0.144. The molecule has 0 aliphatic carbocycles. The van der Waals surface area contributed by atoms with Crippen molar-refractivity contribution in [3.63, 3.8) is 0 Å². The van der Waals surface area contributed by atoms with E-state index in [2.05, 4.69) is 5.32 Å². The molecule has 2 aromatic carbocycles. The lowest BCUT2D eigenvalue weighted by Gasteiger charge is -2.10. The summed E-state index contributed by atoms with van der Waals surface area (Å²) >= 11 is 0. The van der Waals surface area contributed by atoms with Gasteiger partial charge in [-0.1, -0.05) is 18.2 Å². The van der Waals surface area contributed by atoms with Crippen LogP contribution in [-0.2, 0) is 6.42 Å². The number of hydrogen-bond acceptors (Lipinski definition) is 2. The van der Waals surface area contributed by atoms with Crippen LogP contribution in [0.4, 0.5) is 24.5 Å². The summed E-state index contributed by atoms with van der Waals surface area (Å²) in [5, 5.41) is 2.80. The summed E-state index contributed by atoms with van der Waals surface area (Å²) in [6.07, 6.45) is 0.393. The summed E-state index contributed by atoms with van der Waals surface area (Å²) < 4.78 is 39.6. The summed E-state index contributed by atoms with van der Waals surface area (Å²) in [7, 11) is 0. The molecule has 19 heavy (non-hydrogen) atoms. The highest BCUT2D eigenvalue weighted by Gasteiger charge is 2.08. The van der Waals surface area contributed by atoms with Crippen molar-refractivity contribution in [3.05, 3.63) is 59.4 Å². The van der Waals surface area contributed by atoms with Gasteiger partial charge in [-0.05, 0) is 24.1 Å². The molecule has 0 fully saturated rings. The number of nitrogens with one attached hydrogen (secondary N) is 1. The molecule has 2 aromatic rings. The molecule has 0 amide bonds. The van der Waals surface area contributed by atoms with Gasteiger partial charge in [-0.25, -0.2) is 13.2 Å². The number of hydrogen-bond donors (Lipinski definition) is 2. The minimum Gasteiger partial charge on any atom is -0.395 e. The quantitative estimate of drug-likeness (QED) is 0.833. The third-order valence-corrected chi connectivity index (χ3v) is 2.76. The molecule has 100 valence electrons. The van der Waals surface area contributed by atoms with Crippen molar-refractivity contribution in [2.75, 3.05) is 17.6 Å². The number of benzene rings is 2. The Bertz CT molecular complexity index is 585. The van der Waals surface area contributed by atoms with E-state index in [1.54, 1.807) is 18.2 Å². The third-order valence-electron chi connectivity index (χ3n) is 2.76. The second-order valence-electron chi connectivity index (χ2n) is 4.12. The first-order valence-electron chi connectivity index (χ1n) is 5.79. The number of rotatable bonds is 4. The lowest BCUT2D eigenvalue weighted by atomic mass is 10.1. The van der Waals surface area contributed by atoms with Gasteiger partial charge in [0.25, 0.3) is 0 Å². The first-order chi connectivity index (χ1) is 9.08. The topological polar surface area (TPSA) is 38.0 Å². The van der Waals surface area contributed by atoms with Crippen molar-refractivity contribution in [3.8, 4) is 0 Å². The van der Waals surface area contributed by atoms with Crippen molar-refractivity contribution in [1.29, 1.82) is 0 Å². The third kappa shape index (κ3) is 3.19. The molecule has 2 nitrogen and oxygen atoms in total. The maximum Gasteiger partial charge on any atom is 0.151 e. The Hall–Kier alpha value is -2.17. The van der Waals surface area contributed by atoms with Gasteiger partial charge in [-0.3, -0.25) is 0 Å². The van der Waals surface area contributed by atoms with Crippen LogP contribution < -0.4 is 11.1 Å². The van der Waals surface area contributed by atoms with Gasteiger partial charge in [0.15, 0.2) is 5.82 Å². The molecule has 0 saturated heterocycles. The van der Waals surface area contributed by atoms with Crippen molar-refractivity contribution < 1.29 is 13.2 Å². The molecular weight excluding hydrogens is 253 g/mol. The Kier molecular flexibility index (Phi) is 3.94. The van der Waals surface area contributed by atoms with Crippen LogP contribution in [0.1, 0.15) is 5.56 Å². The Balaban J connectivity index is 2.02. The highest BCUT2D eigenvalue weighted by molar-refractivity contribution is 5.66. The van der Waals surface area contributed by atoms with E-state index in [1.165, 1.54) is 6.07 Å². The molecule has 0 unspecified atom stereocenters. The molecule has 0 radical (unpaired) electrons. The van der Waals surface area contributed by atoms with Gasteiger partial charge >= 0.3 is 0 Å². The standard InChI is InChI=1S/C14H13F3N2/c15-10-7-12(17)14(18)13(8-10)19-6-5-9-3-1-2-4-11(9)16/h1-4,7-8,19H,5-6,18H2. The second kappa shape index (κ2) is 5.65. The smallest absolute Gasteiger partial charge is 0.151 e. The lowest BCUT2D eigenvalue weighted by Crippen LogP contribution is -2.09. The summed E-state index contributed by atoms with van der Waals surface area (Å²) in [4.78, 5) is 0. The molecule has 0 spiro atoms. The summed E-state index contributed by atoms with van der Waals surface area (Å²) in [6, 6.07) is 8.19. The van der Waals surface area contributed by atoms with Crippen molar-refractivity contribution in [1.82, 2.24) is 0 Å². The molecule has 0 aromatic heterocycles. The molecule has 0 heterocycles. The highest BCUT2D eigenvalue weighted by atomic mass is 19.1. The largest absolute Gasteiger partial charge is 0.395 e. The number of anilines is 2. The molecule has 5 heteroatoms. The Labute approximate surface area is 109 Å². The predicted octanol–water partition coefficient (Wildman–Crippen LogP) is 3.34. The van der Waals surface area contributed by atoms with Crippen molar-refractivity contribution in [2.24, 2.45) is 0 Å². The summed E-state index contributed by atoms with van der Waals surface area (Å²) in [5.41, 5.74) is 6.05. The van der Waals surface area contributed by atoms with Gasteiger partial charge in [-0.15, -0.1) is 0 Å². The average molecular weight is 266 g/mol. The first-order valence-corrected chi connectivity index (χ1v) is 5.79. The molecule has 2 rings (SSSR count). The average Bonchev–Trinajstić information content (AvgIpc) is 2.37. The van der Waals surface area contributed by atoms with Crippen LogP contribution >= 0.6 is 0 Å².